The number of fused-ring (bicyclic) bond motifs is 1. The van der Waals surface area contributed by atoms with Crippen LogP contribution >= 0.6 is 23.1 Å². The van der Waals surface area contributed by atoms with Crippen LogP contribution in [0.2, 0.25) is 0 Å². The molecular formula is C13H12N4O2S2. The molecule has 8 heteroatoms. The van der Waals surface area contributed by atoms with E-state index in [9.17, 15) is 9.90 Å². The fourth-order valence-corrected chi connectivity index (χ4v) is 4.15. The molecule has 0 bridgehead atoms. The van der Waals surface area contributed by atoms with Gasteiger partial charge in [-0.2, -0.15) is 0 Å². The van der Waals surface area contributed by atoms with E-state index in [0.717, 1.165) is 22.1 Å². The Kier molecular flexibility index (Phi) is 3.64. The van der Waals surface area contributed by atoms with Gasteiger partial charge in [-0.25, -0.2) is 19.7 Å². The second-order valence-corrected chi connectivity index (χ2v) is 6.27. The lowest BCUT2D eigenvalue weighted by atomic mass is 10.2. The Morgan fingerprint density at radius 3 is 2.95 bits per heavy atom. The van der Waals surface area contributed by atoms with Gasteiger partial charge in [0.1, 0.15) is 21.1 Å². The molecule has 1 N–H and O–H groups in total. The molecule has 0 atom stereocenters. The molecule has 0 aromatic carbocycles. The van der Waals surface area contributed by atoms with Crippen molar-refractivity contribution in [3.63, 3.8) is 0 Å². The first-order valence-corrected chi connectivity index (χ1v) is 7.91. The van der Waals surface area contributed by atoms with Crippen LogP contribution < -0.4 is 0 Å². The molecule has 0 fully saturated rings. The molecule has 108 valence electrons. The normalized spacial score (nSPS) is 11.1. The van der Waals surface area contributed by atoms with E-state index in [1.807, 2.05) is 17.7 Å². The van der Waals surface area contributed by atoms with Gasteiger partial charge in [-0.3, -0.25) is 0 Å². The maximum Gasteiger partial charge on any atom is 0.346 e. The quantitative estimate of drug-likeness (QED) is 0.744. The highest BCUT2D eigenvalue weighted by Crippen LogP contribution is 2.37. The van der Waals surface area contributed by atoms with Gasteiger partial charge >= 0.3 is 5.97 Å². The lowest BCUT2D eigenvalue weighted by molar-refractivity contribution is 0.0701. The number of carbonyl (C=O) groups is 1. The average Bonchev–Trinajstić information content (AvgIpc) is 3.04. The van der Waals surface area contributed by atoms with Gasteiger partial charge in [-0.15, -0.1) is 11.3 Å². The number of imidazole rings is 1. The van der Waals surface area contributed by atoms with E-state index >= 15 is 0 Å². The topological polar surface area (TPSA) is 80.9 Å². The van der Waals surface area contributed by atoms with Crippen LogP contribution in [0.3, 0.4) is 0 Å². The molecule has 0 amide bonds. The molecule has 3 aromatic heterocycles. The Morgan fingerprint density at radius 1 is 1.43 bits per heavy atom. The fourth-order valence-electron chi connectivity index (χ4n) is 2.05. The third-order valence-corrected chi connectivity index (χ3v) is 5.31. The summed E-state index contributed by atoms with van der Waals surface area (Å²) in [7, 11) is 0. The first-order valence-electron chi connectivity index (χ1n) is 6.28. The molecular weight excluding hydrogens is 308 g/mol. The molecule has 3 heterocycles. The summed E-state index contributed by atoms with van der Waals surface area (Å²) in [5.41, 5.74) is 0.709. The number of nitrogens with zero attached hydrogens (tertiary/aromatic N) is 4. The number of carboxylic acids is 1. The summed E-state index contributed by atoms with van der Waals surface area (Å²) in [6, 6.07) is 0. The van der Waals surface area contributed by atoms with Crippen molar-refractivity contribution >= 4 is 39.3 Å². The van der Waals surface area contributed by atoms with Crippen LogP contribution in [0.1, 0.15) is 22.2 Å². The van der Waals surface area contributed by atoms with E-state index in [1.54, 1.807) is 13.1 Å². The zero-order valence-electron chi connectivity index (χ0n) is 11.4. The molecule has 0 aliphatic carbocycles. The highest BCUT2D eigenvalue weighted by Gasteiger charge is 2.19. The minimum Gasteiger partial charge on any atom is -0.477 e. The summed E-state index contributed by atoms with van der Waals surface area (Å²) in [6.45, 7) is 4.65. The van der Waals surface area contributed by atoms with Crippen molar-refractivity contribution in [3.05, 3.63) is 29.2 Å². The summed E-state index contributed by atoms with van der Waals surface area (Å²) in [5, 5.41) is 11.6. The summed E-state index contributed by atoms with van der Waals surface area (Å²) in [5.74, 6) is -0.929. The van der Waals surface area contributed by atoms with E-state index in [2.05, 4.69) is 15.0 Å². The second-order valence-electron chi connectivity index (χ2n) is 4.32. The number of hydrogen-bond acceptors (Lipinski definition) is 6. The number of hydrogen-bond donors (Lipinski definition) is 1. The minimum absolute atomic E-state index is 0.311. The van der Waals surface area contributed by atoms with Crippen molar-refractivity contribution < 1.29 is 9.90 Å². The zero-order valence-corrected chi connectivity index (χ0v) is 13.0. The van der Waals surface area contributed by atoms with Crippen LogP contribution in [0, 0.1) is 6.92 Å². The number of carboxylic acid groups (broad SMARTS) is 1. The molecule has 0 spiro atoms. The van der Waals surface area contributed by atoms with E-state index in [0.29, 0.717) is 15.3 Å². The third kappa shape index (κ3) is 2.40. The smallest absolute Gasteiger partial charge is 0.346 e. The summed E-state index contributed by atoms with van der Waals surface area (Å²) in [4.78, 5) is 25.1. The van der Waals surface area contributed by atoms with Gasteiger partial charge in [0.2, 0.25) is 0 Å². The maximum atomic E-state index is 11.3. The SMILES string of the molecule is CCn1ccnc1Sc1ncnc2sc(C(=O)O)c(C)c12. The van der Waals surface area contributed by atoms with Gasteiger partial charge in [0.05, 0.1) is 0 Å². The summed E-state index contributed by atoms with van der Waals surface area (Å²) >= 11 is 2.61. The zero-order chi connectivity index (χ0) is 15.0. The van der Waals surface area contributed by atoms with Crippen LogP contribution in [0.4, 0.5) is 0 Å². The van der Waals surface area contributed by atoms with Crippen molar-refractivity contribution in [2.24, 2.45) is 0 Å². The number of rotatable bonds is 4. The van der Waals surface area contributed by atoms with Crippen molar-refractivity contribution in [3.8, 4) is 0 Å². The lowest BCUT2D eigenvalue weighted by Gasteiger charge is -2.04. The maximum absolute atomic E-state index is 11.3. The van der Waals surface area contributed by atoms with Crippen LogP contribution in [0.15, 0.2) is 28.9 Å². The van der Waals surface area contributed by atoms with Crippen molar-refractivity contribution in [2.75, 3.05) is 0 Å². The van der Waals surface area contributed by atoms with Crippen LogP contribution in [-0.2, 0) is 6.54 Å². The van der Waals surface area contributed by atoms with Gasteiger partial charge in [0, 0.05) is 24.3 Å². The van der Waals surface area contributed by atoms with Crippen molar-refractivity contribution in [2.45, 2.75) is 30.6 Å². The molecule has 0 aliphatic heterocycles. The van der Waals surface area contributed by atoms with Gasteiger partial charge < -0.3 is 9.67 Å². The Hall–Kier alpha value is -1.93. The Balaban J connectivity index is 2.13. The third-order valence-electron chi connectivity index (χ3n) is 3.09. The number of aryl methyl sites for hydroxylation is 2. The average molecular weight is 320 g/mol. The van der Waals surface area contributed by atoms with Crippen molar-refractivity contribution in [1.29, 1.82) is 0 Å². The number of thiophene rings is 1. The Labute approximate surface area is 128 Å². The molecule has 6 nitrogen and oxygen atoms in total. The Morgan fingerprint density at radius 2 is 2.24 bits per heavy atom. The van der Waals surface area contributed by atoms with Gasteiger partial charge in [-0.05, 0) is 31.2 Å². The Bertz CT molecular complexity index is 825. The molecule has 0 unspecified atom stereocenters. The predicted molar refractivity (Wildman–Crippen MR) is 81.1 cm³/mol. The van der Waals surface area contributed by atoms with Crippen LogP contribution in [-0.4, -0.2) is 30.6 Å². The number of aromatic nitrogens is 4. The standard InChI is InChI=1S/C13H12N4O2S2/c1-3-17-5-4-14-13(17)21-11-8-7(2)9(12(18)19)20-10(8)15-6-16-11/h4-6H,3H2,1-2H3,(H,18,19). The molecule has 0 aliphatic rings. The minimum atomic E-state index is -0.929. The first-order chi connectivity index (χ1) is 10.1. The van der Waals surface area contributed by atoms with Gasteiger partial charge in [0.15, 0.2) is 5.16 Å². The molecule has 0 radical (unpaired) electrons. The molecule has 3 aromatic rings. The largest absolute Gasteiger partial charge is 0.477 e. The molecule has 0 saturated carbocycles. The molecule has 0 saturated heterocycles. The molecule has 3 rings (SSSR count). The van der Waals surface area contributed by atoms with E-state index in [-0.39, 0.29) is 0 Å². The predicted octanol–water partition coefficient (Wildman–Crippen LogP) is 3.07. The van der Waals surface area contributed by atoms with E-state index in [1.165, 1.54) is 29.4 Å². The summed E-state index contributed by atoms with van der Waals surface area (Å²) in [6.07, 6.45) is 5.11. The highest BCUT2D eigenvalue weighted by atomic mass is 32.2. The number of aromatic carboxylic acids is 1. The van der Waals surface area contributed by atoms with Crippen LogP contribution in [0.25, 0.3) is 10.2 Å². The highest BCUT2D eigenvalue weighted by molar-refractivity contribution is 7.99. The molecule has 21 heavy (non-hydrogen) atoms. The monoisotopic (exact) mass is 320 g/mol. The van der Waals surface area contributed by atoms with Gasteiger partial charge in [-0.1, -0.05) is 0 Å². The van der Waals surface area contributed by atoms with Crippen molar-refractivity contribution in [1.82, 2.24) is 19.5 Å². The van der Waals surface area contributed by atoms with Gasteiger partial charge in [0.25, 0.3) is 0 Å². The fraction of sp³-hybridized carbons (Fsp3) is 0.231. The second kappa shape index (κ2) is 5.45. The van der Waals surface area contributed by atoms with E-state index < -0.39 is 5.97 Å². The first kappa shape index (κ1) is 14.0. The van der Waals surface area contributed by atoms with Crippen LogP contribution in [0.5, 0.6) is 0 Å². The summed E-state index contributed by atoms with van der Waals surface area (Å²) < 4.78 is 2.01. The lowest BCUT2D eigenvalue weighted by Crippen LogP contribution is -1.96. The van der Waals surface area contributed by atoms with E-state index in [4.69, 9.17) is 0 Å².